The van der Waals surface area contributed by atoms with E-state index in [1.54, 1.807) is 25.9 Å². The minimum atomic E-state index is -0.0968. The van der Waals surface area contributed by atoms with Crippen molar-refractivity contribution in [2.75, 3.05) is 27.2 Å². The third-order valence-electron chi connectivity index (χ3n) is 2.37. The summed E-state index contributed by atoms with van der Waals surface area (Å²) in [7, 11) is 3.40. The molecule has 0 aromatic heterocycles. The molecule has 0 bridgehead atoms. The number of hydrogen-bond donors (Lipinski definition) is 1. The molecule has 1 atom stereocenters. The van der Waals surface area contributed by atoms with Crippen LogP contribution in [0.3, 0.4) is 0 Å². The Hall–Kier alpha value is -1.26. The molecule has 0 spiro atoms. The lowest BCUT2D eigenvalue weighted by Crippen LogP contribution is -2.43. The number of rotatable bonds is 1. The molecule has 0 aromatic rings. The van der Waals surface area contributed by atoms with E-state index in [1.165, 1.54) is 4.90 Å². The van der Waals surface area contributed by atoms with Gasteiger partial charge in [0, 0.05) is 40.2 Å². The maximum absolute atomic E-state index is 11.3. The van der Waals surface area contributed by atoms with E-state index in [1.807, 2.05) is 0 Å². The Kier molecular flexibility index (Phi) is 3.33. The van der Waals surface area contributed by atoms with E-state index in [-0.39, 0.29) is 18.0 Å². The van der Waals surface area contributed by atoms with Crippen molar-refractivity contribution >= 4 is 11.9 Å². The second-order valence-electron chi connectivity index (χ2n) is 3.79. The highest BCUT2D eigenvalue weighted by molar-refractivity contribution is 5.75. The van der Waals surface area contributed by atoms with E-state index in [9.17, 15) is 9.59 Å². The number of amides is 3. The third kappa shape index (κ3) is 2.61. The van der Waals surface area contributed by atoms with Gasteiger partial charge in [0.05, 0.1) is 0 Å². The summed E-state index contributed by atoms with van der Waals surface area (Å²) in [5, 5.41) is 2.86. The van der Waals surface area contributed by atoms with Crippen molar-refractivity contribution in [3.05, 3.63) is 0 Å². The molecule has 1 fully saturated rings. The average molecular weight is 199 g/mol. The van der Waals surface area contributed by atoms with Gasteiger partial charge in [-0.1, -0.05) is 0 Å². The van der Waals surface area contributed by atoms with E-state index >= 15 is 0 Å². The molecule has 1 saturated heterocycles. The largest absolute Gasteiger partial charge is 0.341 e. The topological polar surface area (TPSA) is 52.7 Å². The summed E-state index contributed by atoms with van der Waals surface area (Å²) in [4.78, 5) is 25.5. The number of carbonyl (C=O) groups is 2. The van der Waals surface area contributed by atoms with Crippen molar-refractivity contribution in [2.45, 2.75) is 19.4 Å². The number of nitrogens with one attached hydrogen (secondary N) is 1. The Bertz CT molecular complexity index is 240. The zero-order valence-electron chi connectivity index (χ0n) is 8.91. The van der Waals surface area contributed by atoms with Crippen LogP contribution in [0.15, 0.2) is 0 Å². The van der Waals surface area contributed by atoms with Gasteiger partial charge < -0.3 is 15.1 Å². The van der Waals surface area contributed by atoms with Gasteiger partial charge in [0.2, 0.25) is 5.91 Å². The zero-order chi connectivity index (χ0) is 10.7. The summed E-state index contributed by atoms with van der Waals surface area (Å²) in [5.41, 5.74) is 0. The highest BCUT2D eigenvalue weighted by atomic mass is 16.2. The van der Waals surface area contributed by atoms with Crippen LogP contribution in [0, 0.1) is 0 Å². The molecule has 5 heteroatoms. The number of likely N-dealkylation sites (tertiary alicyclic amines) is 1. The first-order chi connectivity index (χ1) is 6.50. The Morgan fingerprint density at radius 3 is 2.50 bits per heavy atom. The number of urea groups is 1. The highest BCUT2D eigenvalue weighted by Gasteiger charge is 2.25. The standard InChI is InChI=1S/C9H17N3O2/c1-7(13)12-5-4-8(6-12)10-9(14)11(2)3/h8H,4-6H2,1-3H3,(H,10,14). The van der Waals surface area contributed by atoms with Gasteiger partial charge in [-0.05, 0) is 6.42 Å². The van der Waals surface area contributed by atoms with Crippen molar-refractivity contribution in [2.24, 2.45) is 0 Å². The summed E-state index contributed by atoms with van der Waals surface area (Å²) in [6.07, 6.45) is 0.846. The summed E-state index contributed by atoms with van der Waals surface area (Å²) in [6.45, 7) is 2.93. The molecule has 0 radical (unpaired) electrons. The summed E-state index contributed by atoms with van der Waals surface area (Å²) >= 11 is 0. The van der Waals surface area contributed by atoms with Crippen LogP contribution < -0.4 is 5.32 Å². The van der Waals surface area contributed by atoms with Gasteiger partial charge >= 0.3 is 6.03 Å². The van der Waals surface area contributed by atoms with Crippen molar-refractivity contribution in [3.63, 3.8) is 0 Å². The Morgan fingerprint density at radius 1 is 1.43 bits per heavy atom. The van der Waals surface area contributed by atoms with Gasteiger partial charge in [-0.15, -0.1) is 0 Å². The van der Waals surface area contributed by atoms with E-state index in [4.69, 9.17) is 0 Å². The average Bonchev–Trinajstić information content (AvgIpc) is 2.52. The Balaban J connectivity index is 2.36. The molecule has 0 aromatic carbocycles. The summed E-state index contributed by atoms with van der Waals surface area (Å²) < 4.78 is 0. The molecule has 14 heavy (non-hydrogen) atoms. The first kappa shape index (κ1) is 10.8. The van der Waals surface area contributed by atoms with Gasteiger partial charge in [-0.25, -0.2) is 4.79 Å². The molecule has 1 aliphatic heterocycles. The van der Waals surface area contributed by atoms with Crippen molar-refractivity contribution < 1.29 is 9.59 Å². The Labute approximate surface area is 84.0 Å². The molecule has 3 amide bonds. The van der Waals surface area contributed by atoms with Crippen LogP contribution in [-0.2, 0) is 4.79 Å². The SMILES string of the molecule is CC(=O)N1CCC(NC(=O)N(C)C)C1. The lowest BCUT2D eigenvalue weighted by atomic mass is 10.3. The van der Waals surface area contributed by atoms with Gasteiger partial charge in [-0.2, -0.15) is 0 Å². The predicted molar refractivity (Wildman–Crippen MR) is 52.9 cm³/mol. The third-order valence-corrected chi connectivity index (χ3v) is 2.37. The lowest BCUT2D eigenvalue weighted by Gasteiger charge is -2.17. The number of carbonyl (C=O) groups excluding carboxylic acids is 2. The molecular weight excluding hydrogens is 182 g/mol. The molecule has 5 nitrogen and oxygen atoms in total. The Morgan fingerprint density at radius 2 is 2.07 bits per heavy atom. The van der Waals surface area contributed by atoms with E-state index in [0.29, 0.717) is 6.54 Å². The first-order valence-corrected chi connectivity index (χ1v) is 4.74. The molecule has 1 unspecified atom stereocenters. The molecule has 1 N–H and O–H groups in total. The highest BCUT2D eigenvalue weighted by Crippen LogP contribution is 2.08. The van der Waals surface area contributed by atoms with E-state index in [2.05, 4.69) is 5.32 Å². The fraction of sp³-hybridized carbons (Fsp3) is 0.778. The van der Waals surface area contributed by atoms with Crippen molar-refractivity contribution in [3.8, 4) is 0 Å². The summed E-state index contributed by atoms with van der Waals surface area (Å²) in [5.74, 6) is 0.0756. The monoisotopic (exact) mass is 199 g/mol. The van der Waals surface area contributed by atoms with Crippen LogP contribution >= 0.6 is 0 Å². The molecule has 80 valence electrons. The normalized spacial score (nSPS) is 20.8. The van der Waals surface area contributed by atoms with Crippen LogP contribution in [0.25, 0.3) is 0 Å². The minimum Gasteiger partial charge on any atom is -0.341 e. The van der Waals surface area contributed by atoms with Crippen molar-refractivity contribution in [1.29, 1.82) is 0 Å². The number of hydrogen-bond acceptors (Lipinski definition) is 2. The van der Waals surface area contributed by atoms with Gasteiger partial charge in [0.1, 0.15) is 0 Å². The molecule has 0 aliphatic carbocycles. The van der Waals surface area contributed by atoms with Crippen LogP contribution in [-0.4, -0.2) is 55.0 Å². The van der Waals surface area contributed by atoms with Crippen LogP contribution in [0.4, 0.5) is 4.79 Å². The maximum Gasteiger partial charge on any atom is 0.317 e. The quantitative estimate of drug-likeness (QED) is 0.640. The molecule has 0 saturated carbocycles. The minimum absolute atomic E-state index is 0.0756. The molecular formula is C9H17N3O2. The van der Waals surface area contributed by atoms with Gasteiger partial charge in [-0.3, -0.25) is 4.79 Å². The second kappa shape index (κ2) is 4.30. The molecule has 1 aliphatic rings. The van der Waals surface area contributed by atoms with E-state index < -0.39 is 0 Å². The first-order valence-electron chi connectivity index (χ1n) is 4.74. The fourth-order valence-electron chi connectivity index (χ4n) is 1.47. The smallest absolute Gasteiger partial charge is 0.317 e. The van der Waals surface area contributed by atoms with Gasteiger partial charge in [0.25, 0.3) is 0 Å². The zero-order valence-corrected chi connectivity index (χ0v) is 8.91. The second-order valence-corrected chi connectivity index (χ2v) is 3.79. The molecule has 1 rings (SSSR count). The lowest BCUT2D eigenvalue weighted by molar-refractivity contribution is -0.127. The maximum atomic E-state index is 11.3. The van der Waals surface area contributed by atoms with Gasteiger partial charge in [0.15, 0.2) is 0 Å². The van der Waals surface area contributed by atoms with Crippen molar-refractivity contribution in [1.82, 2.24) is 15.1 Å². The van der Waals surface area contributed by atoms with Crippen LogP contribution in [0.1, 0.15) is 13.3 Å². The molecule has 1 heterocycles. The number of nitrogens with zero attached hydrogens (tertiary/aromatic N) is 2. The van der Waals surface area contributed by atoms with Crippen LogP contribution in [0.2, 0.25) is 0 Å². The van der Waals surface area contributed by atoms with Crippen LogP contribution in [0.5, 0.6) is 0 Å². The van der Waals surface area contributed by atoms with E-state index in [0.717, 1.165) is 13.0 Å². The summed E-state index contributed by atoms with van der Waals surface area (Å²) in [6, 6.07) is 0.00852. The predicted octanol–water partition coefficient (Wildman–Crippen LogP) is -0.122. The fourth-order valence-corrected chi connectivity index (χ4v) is 1.47.